The molecule has 3 spiro atoms. The van der Waals surface area contributed by atoms with Crippen LogP contribution in [-0.4, -0.2) is 78.2 Å². The average Bonchev–Trinajstić information content (AvgIpc) is 3.62. The van der Waals surface area contributed by atoms with Gasteiger partial charge in [0.1, 0.15) is 4.08 Å². The standard InChI is InChI=1S/C36H50O6S2Si/c1-26-22-31-32(41-34(26)18-19-35(42-34)36(43-20-11-21-44-36)17-16-27(24-37)40-35)23-28(39-31)25-38-45(33(2,3)4,29-12-7-5-8-13-29)30-14-9-6-10-15-30/h5-10,12-15,26-28,31-32,37H,11,16-25H2,1-4H3/t26-,27+,28+,31-,32-,34-,35-/m1/s1. The lowest BCUT2D eigenvalue weighted by molar-refractivity contribution is -0.378. The van der Waals surface area contributed by atoms with E-state index >= 15 is 0 Å². The zero-order chi connectivity index (χ0) is 31.3. The predicted molar refractivity (Wildman–Crippen MR) is 185 cm³/mol. The van der Waals surface area contributed by atoms with Crippen LogP contribution in [0.25, 0.3) is 0 Å². The first-order chi connectivity index (χ1) is 21.6. The normalized spacial score (nSPS) is 36.5. The van der Waals surface area contributed by atoms with Gasteiger partial charge in [0.05, 0.1) is 37.6 Å². The zero-order valence-corrected chi connectivity index (χ0v) is 29.9. The third kappa shape index (κ3) is 5.60. The highest BCUT2D eigenvalue weighted by Crippen LogP contribution is 2.64. The predicted octanol–water partition coefficient (Wildman–Crippen LogP) is 6.09. The molecule has 0 saturated carbocycles. The quantitative estimate of drug-likeness (QED) is 0.371. The number of aliphatic hydroxyl groups excluding tert-OH is 1. The molecule has 0 aromatic heterocycles. The highest BCUT2D eigenvalue weighted by molar-refractivity contribution is 8.18. The maximum absolute atomic E-state index is 10.1. The lowest BCUT2D eigenvalue weighted by Gasteiger charge is -2.55. The van der Waals surface area contributed by atoms with Crippen LogP contribution in [0.4, 0.5) is 0 Å². The van der Waals surface area contributed by atoms with E-state index in [-0.39, 0.29) is 46.1 Å². The van der Waals surface area contributed by atoms with Gasteiger partial charge in [-0.15, -0.1) is 23.5 Å². The SMILES string of the molecule is C[C@@H]1C[C@H]2O[C@H](CO[Si](c3ccccc3)(c3ccccc3)C(C)(C)C)C[C@H]2O[C@@]12CC[C@@]1(O[C@H](CO)CCC13SCCCS3)O2. The summed E-state index contributed by atoms with van der Waals surface area (Å²) in [5, 5.41) is 12.6. The number of thioether (sulfide) groups is 2. The first-order valence-corrected chi connectivity index (χ1v) is 20.9. The van der Waals surface area contributed by atoms with Crippen LogP contribution in [0.15, 0.2) is 60.7 Å². The van der Waals surface area contributed by atoms with Gasteiger partial charge >= 0.3 is 0 Å². The molecule has 0 aliphatic carbocycles. The van der Waals surface area contributed by atoms with Crippen LogP contribution in [0.2, 0.25) is 5.04 Å². The van der Waals surface area contributed by atoms with Crippen LogP contribution in [-0.2, 0) is 23.4 Å². The number of fused-ring (bicyclic) bond motifs is 2. The molecule has 0 radical (unpaired) electrons. The molecular formula is C36H50O6S2Si. The summed E-state index contributed by atoms with van der Waals surface area (Å²) >= 11 is 4.02. The lowest BCUT2D eigenvalue weighted by atomic mass is 9.86. The molecule has 2 aromatic carbocycles. The summed E-state index contributed by atoms with van der Waals surface area (Å²) in [4.78, 5) is 0. The summed E-state index contributed by atoms with van der Waals surface area (Å²) in [6, 6.07) is 21.7. The summed E-state index contributed by atoms with van der Waals surface area (Å²) in [6.07, 6.45) is 6.15. The van der Waals surface area contributed by atoms with Gasteiger partial charge in [0.25, 0.3) is 8.32 Å². The molecule has 0 unspecified atom stereocenters. The van der Waals surface area contributed by atoms with Crippen molar-refractivity contribution < 1.29 is 28.5 Å². The van der Waals surface area contributed by atoms with Crippen LogP contribution in [0, 0.1) is 5.92 Å². The van der Waals surface area contributed by atoms with E-state index in [1.54, 1.807) is 0 Å². The van der Waals surface area contributed by atoms with Crippen molar-refractivity contribution in [2.75, 3.05) is 24.7 Å². The van der Waals surface area contributed by atoms with Gasteiger partial charge in [-0.25, -0.2) is 0 Å². The minimum absolute atomic E-state index is 0.0309. The molecule has 0 amide bonds. The summed E-state index contributed by atoms with van der Waals surface area (Å²) in [5.41, 5.74) is 0. The Morgan fingerprint density at radius 3 is 2.16 bits per heavy atom. The minimum atomic E-state index is -2.66. The van der Waals surface area contributed by atoms with Crippen molar-refractivity contribution in [1.82, 2.24) is 0 Å². The Bertz CT molecular complexity index is 1260. The van der Waals surface area contributed by atoms with Crippen molar-refractivity contribution in [2.24, 2.45) is 5.92 Å². The molecule has 5 aliphatic heterocycles. The summed E-state index contributed by atoms with van der Waals surface area (Å²) < 4.78 is 34.9. The van der Waals surface area contributed by atoms with E-state index in [2.05, 4.69) is 88.4 Å². The number of aliphatic hydroxyl groups is 1. The van der Waals surface area contributed by atoms with Crippen molar-refractivity contribution in [3.63, 3.8) is 0 Å². The van der Waals surface area contributed by atoms with E-state index in [9.17, 15) is 5.11 Å². The largest absolute Gasteiger partial charge is 0.405 e. The van der Waals surface area contributed by atoms with Crippen molar-refractivity contribution in [3.8, 4) is 0 Å². The fraction of sp³-hybridized carbons (Fsp3) is 0.667. The van der Waals surface area contributed by atoms with Gasteiger partial charge in [-0.3, -0.25) is 0 Å². The van der Waals surface area contributed by atoms with E-state index in [0.29, 0.717) is 6.61 Å². The van der Waals surface area contributed by atoms with Gasteiger partial charge in [-0.05, 0) is 52.6 Å². The number of benzene rings is 2. The van der Waals surface area contributed by atoms with E-state index in [1.807, 2.05) is 23.5 Å². The van der Waals surface area contributed by atoms with Crippen molar-refractivity contribution in [1.29, 1.82) is 0 Å². The maximum atomic E-state index is 10.1. The Morgan fingerprint density at radius 2 is 1.53 bits per heavy atom. The second-order valence-electron chi connectivity index (χ2n) is 14.7. The fourth-order valence-electron chi connectivity index (χ4n) is 8.65. The minimum Gasteiger partial charge on any atom is -0.405 e. The topological polar surface area (TPSA) is 66.4 Å². The summed E-state index contributed by atoms with van der Waals surface area (Å²) in [5.74, 6) is 0.991. The van der Waals surface area contributed by atoms with Crippen LogP contribution in [0.5, 0.6) is 0 Å². The molecular weight excluding hydrogens is 621 g/mol. The number of ether oxygens (including phenoxy) is 4. The Morgan fingerprint density at radius 1 is 0.867 bits per heavy atom. The van der Waals surface area contributed by atoms with Crippen molar-refractivity contribution >= 4 is 42.2 Å². The first kappa shape index (κ1) is 32.7. The van der Waals surface area contributed by atoms with Gasteiger partial charge in [0.2, 0.25) is 0 Å². The van der Waals surface area contributed by atoms with Crippen LogP contribution in [0.3, 0.4) is 0 Å². The van der Waals surface area contributed by atoms with Gasteiger partial charge in [-0.2, -0.15) is 0 Å². The van der Waals surface area contributed by atoms with Crippen molar-refractivity contribution in [2.45, 2.75) is 118 Å². The number of hydrogen-bond donors (Lipinski definition) is 1. The molecule has 1 N–H and O–H groups in total. The average molecular weight is 671 g/mol. The molecule has 246 valence electrons. The Labute approximate surface area is 278 Å². The van der Waals surface area contributed by atoms with Crippen LogP contribution < -0.4 is 10.4 Å². The Kier molecular flexibility index (Phi) is 9.09. The van der Waals surface area contributed by atoms with Gasteiger partial charge < -0.3 is 28.5 Å². The van der Waals surface area contributed by atoms with Crippen LogP contribution in [0.1, 0.15) is 72.6 Å². The fourth-order valence-corrected chi connectivity index (χ4v) is 16.8. The molecule has 9 heteroatoms. The second kappa shape index (κ2) is 12.5. The molecule has 45 heavy (non-hydrogen) atoms. The molecule has 7 rings (SSSR count). The molecule has 5 saturated heterocycles. The molecule has 2 aromatic rings. The smallest absolute Gasteiger partial charge is 0.261 e. The molecule has 5 aliphatic rings. The molecule has 5 heterocycles. The van der Waals surface area contributed by atoms with Gasteiger partial charge in [0, 0.05) is 25.2 Å². The summed E-state index contributed by atoms with van der Waals surface area (Å²) in [7, 11) is -2.66. The molecule has 5 fully saturated rings. The second-order valence-corrected chi connectivity index (χ2v) is 22.1. The van der Waals surface area contributed by atoms with Crippen molar-refractivity contribution in [3.05, 3.63) is 60.7 Å². The summed E-state index contributed by atoms with van der Waals surface area (Å²) in [6.45, 7) is 9.78. The van der Waals surface area contributed by atoms with E-state index < -0.39 is 19.9 Å². The monoisotopic (exact) mass is 670 g/mol. The highest BCUT2D eigenvalue weighted by Gasteiger charge is 2.68. The zero-order valence-electron chi connectivity index (χ0n) is 27.2. The van der Waals surface area contributed by atoms with Gasteiger partial charge in [0.15, 0.2) is 11.6 Å². The molecule has 6 nitrogen and oxygen atoms in total. The molecule has 7 atom stereocenters. The van der Waals surface area contributed by atoms with Gasteiger partial charge in [-0.1, -0.05) is 88.4 Å². The lowest BCUT2D eigenvalue weighted by Crippen LogP contribution is -2.67. The van der Waals surface area contributed by atoms with E-state index in [4.69, 9.17) is 23.4 Å². The van der Waals surface area contributed by atoms with E-state index in [0.717, 1.165) is 50.0 Å². The maximum Gasteiger partial charge on any atom is 0.261 e. The molecule has 0 bridgehead atoms. The van der Waals surface area contributed by atoms with Crippen LogP contribution >= 0.6 is 23.5 Å². The number of rotatable bonds is 6. The third-order valence-corrected chi connectivity index (χ3v) is 19.6. The Hall–Kier alpha value is -0.883. The highest BCUT2D eigenvalue weighted by atomic mass is 32.2. The Balaban J connectivity index is 1.10. The first-order valence-electron chi connectivity index (χ1n) is 17.0. The van der Waals surface area contributed by atoms with E-state index in [1.165, 1.54) is 16.8 Å². The third-order valence-electron chi connectivity index (χ3n) is 10.9. The number of hydrogen-bond acceptors (Lipinski definition) is 8.